The fraction of sp³-hybridized carbons (Fsp3) is 0.240. The molecular weight excluding hydrogens is 566 g/mol. The van der Waals surface area contributed by atoms with Crippen molar-refractivity contribution in [2.45, 2.75) is 20.4 Å². The quantitative estimate of drug-likeness (QED) is 0.193. The van der Waals surface area contributed by atoms with E-state index in [4.69, 9.17) is 55.9 Å². The number of carbonyl (C=O) groups is 3. The molecule has 4 aromatic rings. The molecule has 0 unspecified atom stereocenters. The van der Waals surface area contributed by atoms with Crippen LogP contribution in [0, 0.1) is 0 Å². The number of aromatic amines is 1. The van der Waals surface area contributed by atoms with Crippen molar-refractivity contribution in [2.75, 3.05) is 20.3 Å². The number of hydrogen-bond acceptors (Lipinski definition) is 6. The van der Waals surface area contributed by atoms with E-state index in [0.717, 1.165) is 10.9 Å². The highest BCUT2D eigenvalue weighted by molar-refractivity contribution is 6.39. The number of benzene rings is 2. The lowest BCUT2D eigenvalue weighted by Crippen LogP contribution is -2.17. The van der Waals surface area contributed by atoms with Crippen LogP contribution < -0.4 is 0 Å². The zero-order valence-electron chi connectivity index (χ0n) is 20.0. The van der Waals surface area contributed by atoms with E-state index in [1.54, 1.807) is 50.2 Å². The minimum Gasteiger partial charge on any atom is -0.468 e. The van der Waals surface area contributed by atoms with Crippen molar-refractivity contribution in [3.63, 3.8) is 0 Å². The second-order valence-electron chi connectivity index (χ2n) is 7.49. The van der Waals surface area contributed by atoms with Gasteiger partial charge in [0.25, 0.3) is 0 Å². The number of ether oxygens (including phenoxy) is 3. The SMILES string of the molecule is CCOC(=O)c1cc2c(Cl)cc(Cl)cc2[nH]1.CCOC(=O)c1cc2c(Cl)cc(Cl)cc2n1CC(=O)OC. The summed E-state index contributed by atoms with van der Waals surface area (Å²) >= 11 is 24.0. The Labute approximate surface area is 232 Å². The van der Waals surface area contributed by atoms with Crippen LogP contribution in [0.4, 0.5) is 0 Å². The standard InChI is InChI=1S/C14H13Cl2NO4.C11H9Cl2NO2/c1-3-21-14(19)12-6-9-10(16)4-8(15)5-11(9)17(12)7-13(18)20-2;1-2-16-11(15)10-5-7-8(13)3-6(12)4-9(7)14-10/h4-6H,3,7H2,1-2H3;3-5,14H,2H2,1H3. The smallest absolute Gasteiger partial charge is 0.354 e. The molecule has 2 heterocycles. The summed E-state index contributed by atoms with van der Waals surface area (Å²) in [5.41, 5.74) is 1.89. The minimum absolute atomic E-state index is 0.134. The summed E-state index contributed by atoms with van der Waals surface area (Å²) in [6.45, 7) is 3.89. The molecule has 0 bridgehead atoms. The zero-order chi connectivity index (χ0) is 27.3. The van der Waals surface area contributed by atoms with Crippen LogP contribution >= 0.6 is 46.4 Å². The van der Waals surface area contributed by atoms with E-state index in [1.165, 1.54) is 11.7 Å². The van der Waals surface area contributed by atoms with E-state index in [9.17, 15) is 14.4 Å². The van der Waals surface area contributed by atoms with Crippen molar-refractivity contribution in [1.82, 2.24) is 9.55 Å². The second-order valence-corrected chi connectivity index (χ2v) is 9.17. The van der Waals surface area contributed by atoms with Gasteiger partial charge in [0, 0.05) is 26.3 Å². The van der Waals surface area contributed by atoms with E-state index in [-0.39, 0.29) is 18.8 Å². The second kappa shape index (κ2) is 12.6. The first-order valence-corrected chi connectivity index (χ1v) is 12.5. The van der Waals surface area contributed by atoms with Crippen LogP contribution in [0.1, 0.15) is 34.8 Å². The molecule has 0 radical (unpaired) electrons. The van der Waals surface area contributed by atoms with Gasteiger partial charge in [0.1, 0.15) is 17.9 Å². The Balaban J connectivity index is 0.000000213. The predicted octanol–water partition coefficient (Wildman–Crippen LogP) is 6.95. The van der Waals surface area contributed by atoms with E-state index >= 15 is 0 Å². The number of aromatic nitrogens is 2. The lowest BCUT2D eigenvalue weighted by molar-refractivity contribution is -0.141. The van der Waals surface area contributed by atoms with Gasteiger partial charge in [-0.3, -0.25) is 4.79 Å². The van der Waals surface area contributed by atoms with Gasteiger partial charge in [-0.05, 0) is 50.2 Å². The lowest BCUT2D eigenvalue weighted by Gasteiger charge is -2.09. The average molecular weight is 588 g/mol. The molecule has 1 N–H and O–H groups in total. The van der Waals surface area contributed by atoms with Crippen LogP contribution in [0.3, 0.4) is 0 Å². The van der Waals surface area contributed by atoms with Gasteiger partial charge in [-0.2, -0.15) is 0 Å². The van der Waals surface area contributed by atoms with Crippen molar-refractivity contribution >= 4 is 86.1 Å². The number of nitrogens with zero attached hydrogens (tertiary/aromatic N) is 1. The van der Waals surface area contributed by atoms with Gasteiger partial charge in [0.2, 0.25) is 0 Å². The van der Waals surface area contributed by atoms with Gasteiger partial charge in [-0.1, -0.05) is 46.4 Å². The third-order valence-electron chi connectivity index (χ3n) is 5.08. The van der Waals surface area contributed by atoms with E-state index < -0.39 is 17.9 Å². The van der Waals surface area contributed by atoms with E-state index in [1.807, 2.05) is 0 Å². The van der Waals surface area contributed by atoms with Gasteiger partial charge >= 0.3 is 17.9 Å². The number of carbonyl (C=O) groups excluding carboxylic acids is 3. The molecule has 0 aliphatic carbocycles. The summed E-state index contributed by atoms with van der Waals surface area (Å²) in [5.74, 6) is -1.43. The molecule has 0 atom stereocenters. The molecule has 12 heteroatoms. The van der Waals surface area contributed by atoms with Gasteiger partial charge in [0.15, 0.2) is 0 Å². The van der Waals surface area contributed by atoms with Crippen LogP contribution in [0.15, 0.2) is 36.4 Å². The van der Waals surface area contributed by atoms with Crippen molar-refractivity contribution in [3.05, 3.63) is 67.9 Å². The first-order chi connectivity index (χ1) is 17.6. The van der Waals surface area contributed by atoms with E-state index in [2.05, 4.69) is 9.72 Å². The van der Waals surface area contributed by atoms with Crippen LogP contribution in [-0.2, 0) is 25.5 Å². The van der Waals surface area contributed by atoms with Gasteiger partial charge in [0.05, 0.1) is 35.9 Å². The summed E-state index contributed by atoms with van der Waals surface area (Å²) in [5, 5.41) is 3.21. The van der Waals surface area contributed by atoms with Crippen molar-refractivity contribution in [1.29, 1.82) is 0 Å². The monoisotopic (exact) mass is 586 g/mol. The number of esters is 3. The van der Waals surface area contributed by atoms with Crippen LogP contribution in [0.25, 0.3) is 21.8 Å². The third-order valence-corrected chi connectivity index (χ3v) is 6.14. The lowest BCUT2D eigenvalue weighted by atomic mass is 10.2. The Morgan fingerprint density at radius 1 is 0.811 bits per heavy atom. The first-order valence-electron chi connectivity index (χ1n) is 11.0. The van der Waals surface area contributed by atoms with Crippen LogP contribution in [0.2, 0.25) is 20.1 Å². The molecule has 0 aliphatic heterocycles. The Morgan fingerprint density at radius 3 is 2.03 bits per heavy atom. The molecule has 0 amide bonds. The molecule has 4 rings (SSSR count). The zero-order valence-corrected chi connectivity index (χ0v) is 23.0. The number of rotatable bonds is 6. The van der Waals surface area contributed by atoms with Gasteiger partial charge < -0.3 is 23.8 Å². The Hall–Kier alpha value is -2.91. The molecule has 2 aromatic heterocycles. The normalized spacial score (nSPS) is 10.7. The molecule has 8 nitrogen and oxygen atoms in total. The summed E-state index contributed by atoms with van der Waals surface area (Å²) in [6, 6.07) is 9.79. The first kappa shape index (κ1) is 28.7. The van der Waals surface area contributed by atoms with Crippen molar-refractivity contribution in [3.8, 4) is 0 Å². The number of halogens is 4. The van der Waals surface area contributed by atoms with Gasteiger partial charge in [-0.15, -0.1) is 0 Å². The summed E-state index contributed by atoms with van der Waals surface area (Å²) in [4.78, 5) is 38.0. The maximum Gasteiger partial charge on any atom is 0.354 e. The van der Waals surface area contributed by atoms with Crippen molar-refractivity contribution < 1.29 is 28.6 Å². The highest BCUT2D eigenvalue weighted by Gasteiger charge is 2.20. The molecule has 0 saturated carbocycles. The largest absolute Gasteiger partial charge is 0.468 e. The Kier molecular flexibility index (Phi) is 9.73. The molecule has 0 spiro atoms. The highest BCUT2D eigenvalue weighted by Crippen LogP contribution is 2.31. The Morgan fingerprint density at radius 2 is 1.41 bits per heavy atom. The maximum atomic E-state index is 12.0. The molecule has 196 valence electrons. The number of nitrogens with one attached hydrogen (secondary N) is 1. The minimum atomic E-state index is -0.537. The molecule has 37 heavy (non-hydrogen) atoms. The number of hydrogen-bond donors (Lipinski definition) is 1. The topological polar surface area (TPSA) is 99.6 Å². The molecule has 0 saturated heterocycles. The number of methoxy groups -OCH3 is 1. The molecular formula is C25H22Cl4N2O6. The maximum absolute atomic E-state index is 12.0. The average Bonchev–Trinajstić information content (AvgIpc) is 3.42. The fourth-order valence-corrected chi connectivity index (χ4v) is 4.58. The number of fused-ring (bicyclic) bond motifs is 2. The number of H-pyrrole nitrogens is 1. The van der Waals surface area contributed by atoms with Gasteiger partial charge in [-0.25, -0.2) is 9.59 Å². The van der Waals surface area contributed by atoms with E-state index in [0.29, 0.717) is 43.3 Å². The predicted molar refractivity (Wildman–Crippen MR) is 144 cm³/mol. The van der Waals surface area contributed by atoms with Crippen LogP contribution in [0.5, 0.6) is 0 Å². The fourth-order valence-electron chi connectivity index (χ4n) is 3.50. The molecule has 0 fully saturated rings. The van der Waals surface area contributed by atoms with Crippen LogP contribution in [-0.4, -0.2) is 47.8 Å². The molecule has 0 aliphatic rings. The Bertz CT molecular complexity index is 1480. The third kappa shape index (κ3) is 6.70. The molecule has 2 aromatic carbocycles. The summed E-state index contributed by atoms with van der Waals surface area (Å²) < 4.78 is 16.0. The summed E-state index contributed by atoms with van der Waals surface area (Å²) in [7, 11) is 1.28. The highest BCUT2D eigenvalue weighted by atomic mass is 35.5. The van der Waals surface area contributed by atoms with Crippen molar-refractivity contribution in [2.24, 2.45) is 0 Å². The summed E-state index contributed by atoms with van der Waals surface area (Å²) in [6.07, 6.45) is 0.